The number of hydrogen-bond donors (Lipinski definition) is 2. The van der Waals surface area contributed by atoms with Gasteiger partial charge in [0.2, 0.25) is 0 Å². The van der Waals surface area contributed by atoms with E-state index in [0.717, 1.165) is 38.1 Å². The summed E-state index contributed by atoms with van der Waals surface area (Å²) >= 11 is 0. The average Bonchev–Trinajstić information content (AvgIpc) is 2.92. The highest BCUT2D eigenvalue weighted by molar-refractivity contribution is 5.86. The van der Waals surface area contributed by atoms with Crippen LogP contribution < -0.4 is 5.32 Å². The van der Waals surface area contributed by atoms with E-state index < -0.39 is 0 Å². The number of nitrogens with one attached hydrogen (secondary N) is 2. The van der Waals surface area contributed by atoms with Gasteiger partial charge in [-0.3, -0.25) is 5.10 Å². The van der Waals surface area contributed by atoms with Crippen molar-refractivity contribution in [2.45, 2.75) is 38.3 Å². The van der Waals surface area contributed by atoms with Gasteiger partial charge in [0.05, 0.1) is 17.3 Å². The first-order valence-corrected chi connectivity index (χ1v) is 7.24. The van der Waals surface area contributed by atoms with Crippen molar-refractivity contribution in [2.24, 2.45) is 0 Å². The van der Waals surface area contributed by atoms with Gasteiger partial charge >= 0.3 is 0 Å². The zero-order valence-electron chi connectivity index (χ0n) is 11.0. The molecule has 1 unspecified atom stereocenters. The Kier molecular flexibility index (Phi) is 2.78. The number of fused-ring (bicyclic) bond motifs is 3. The van der Waals surface area contributed by atoms with Crippen LogP contribution in [0.5, 0.6) is 0 Å². The molecule has 2 aromatic rings. The Hall–Kier alpha value is -1.39. The van der Waals surface area contributed by atoms with Crippen molar-refractivity contribution >= 4 is 10.9 Å². The molecule has 0 radical (unpaired) electrons. The first kappa shape index (κ1) is 11.4. The van der Waals surface area contributed by atoms with Gasteiger partial charge in [-0.25, -0.2) is 0 Å². The topological polar surface area (TPSA) is 49.9 Å². The largest absolute Gasteiger partial charge is 0.372 e. The Morgan fingerprint density at radius 3 is 3.16 bits per heavy atom. The highest BCUT2D eigenvalue weighted by atomic mass is 16.5. The first-order valence-electron chi connectivity index (χ1n) is 7.24. The smallest absolute Gasteiger partial charge is 0.0995 e. The molecule has 1 atom stereocenters. The molecule has 3 heterocycles. The molecule has 4 nitrogen and oxygen atoms in total. The van der Waals surface area contributed by atoms with Crippen molar-refractivity contribution in [3.8, 4) is 0 Å². The van der Waals surface area contributed by atoms with E-state index >= 15 is 0 Å². The lowest BCUT2D eigenvalue weighted by Gasteiger charge is -2.23. The van der Waals surface area contributed by atoms with Crippen LogP contribution in [0.15, 0.2) is 12.1 Å². The highest BCUT2D eigenvalue weighted by Gasteiger charge is 2.24. The molecule has 1 saturated heterocycles. The van der Waals surface area contributed by atoms with E-state index in [0.29, 0.717) is 0 Å². The molecular formula is C15H19N3O. The molecule has 1 fully saturated rings. The summed E-state index contributed by atoms with van der Waals surface area (Å²) in [5.41, 5.74) is 5.17. The van der Waals surface area contributed by atoms with Crippen LogP contribution in [-0.2, 0) is 17.7 Å². The van der Waals surface area contributed by atoms with Crippen LogP contribution in [0.3, 0.4) is 0 Å². The molecular weight excluding hydrogens is 238 g/mol. The predicted octanol–water partition coefficient (Wildman–Crippen LogP) is 2.45. The summed E-state index contributed by atoms with van der Waals surface area (Å²) in [5, 5.41) is 12.5. The minimum atomic E-state index is 0.208. The van der Waals surface area contributed by atoms with Gasteiger partial charge in [-0.1, -0.05) is 6.07 Å². The summed E-state index contributed by atoms with van der Waals surface area (Å²) < 4.78 is 5.93. The summed E-state index contributed by atoms with van der Waals surface area (Å²) in [6.07, 6.45) is 4.84. The number of H-pyrrole nitrogens is 1. The summed E-state index contributed by atoms with van der Waals surface area (Å²) in [4.78, 5) is 0. The minimum Gasteiger partial charge on any atom is -0.372 e. The SMILES string of the molecule is c1cc2n[nH]c(C3CCCCO3)c2c2c1CNCC2. The van der Waals surface area contributed by atoms with E-state index in [9.17, 15) is 0 Å². The molecule has 19 heavy (non-hydrogen) atoms. The summed E-state index contributed by atoms with van der Waals surface area (Å²) in [5.74, 6) is 0. The summed E-state index contributed by atoms with van der Waals surface area (Å²) in [7, 11) is 0. The van der Waals surface area contributed by atoms with Gasteiger partial charge in [0.1, 0.15) is 0 Å². The molecule has 2 aliphatic heterocycles. The molecule has 100 valence electrons. The third kappa shape index (κ3) is 1.86. The van der Waals surface area contributed by atoms with Crippen LogP contribution in [0.1, 0.15) is 42.2 Å². The molecule has 4 rings (SSSR count). The minimum absolute atomic E-state index is 0.208. The van der Waals surface area contributed by atoms with Crippen molar-refractivity contribution in [3.05, 3.63) is 29.0 Å². The Bertz CT molecular complexity index is 599. The quantitative estimate of drug-likeness (QED) is 0.825. The van der Waals surface area contributed by atoms with E-state index in [1.165, 1.54) is 35.0 Å². The molecule has 1 aromatic heterocycles. The van der Waals surface area contributed by atoms with Gasteiger partial charge in [-0.2, -0.15) is 5.10 Å². The lowest BCUT2D eigenvalue weighted by atomic mass is 9.93. The second kappa shape index (κ2) is 4.62. The van der Waals surface area contributed by atoms with Gasteiger partial charge < -0.3 is 10.1 Å². The van der Waals surface area contributed by atoms with Crippen LogP contribution in [0, 0.1) is 0 Å². The van der Waals surface area contributed by atoms with E-state index in [4.69, 9.17) is 4.74 Å². The van der Waals surface area contributed by atoms with Crippen molar-refractivity contribution in [2.75, 3.05) is 13.2 Å². The van der Waals surface area contributed by atoms with Crippen molar-refractivity contribution in [3.63, 3.8) is 0 Å². The fourth-order valence-corrected chi connectivity index (χ4v) is 3.34. The molecule has 1 aromatic carbocycles. The molecule has 0 aliphatic carbocycles. The number of ether oxygens (including phenoxy) is 1. The second-order valence-electron chi connectivity index (χ2n) is 5.52. The lowest BCUT2D eigenvalue weighted by Crippen LogP contribution is -2.24. The zero-order chi connectivity index (χ0) is 12.7. The fourth-order valence-electron chi connectivity index (χ4n) is 3.34. The van der Waals surface area contributed by atoms with Crippen molar-refractivity contribution in [1.82, 2.24) is 15.5 Å². The van der Waals surface area contributed by atoms with Gasteiger partial charge in [0.15, 0.2) is 0 Å². The van der Waals surface area contributed by atoms with E-state index in [1.807, 2.05) is 0 Å². The van der Waals surface area contributed by atoms with Crippen LogP contribution in [0.2, 0.25) is 0 Å². The lowest BCUT2D eigenvalue weighted by molar-refractivity contribution is 0.0131. The Morgan fingerprint density at radius 1 is 1.26 bits per heavy atom. The molecule has 2 aliphatic rings. The predicted molar refractivity (Wildman–Crippen MR) is 74.0 cm³/mol. The molecule has 4 heteroatoms. The number of aromatic nitrogens is 2. The third-order valence-electron chi connectivity index (χ3n) is 4.32. The second-order valence-corrected chi connectivity index (χ2v) is 5.52. The maximum atomic E-state index is 5.93. The normalized spacial score (nSPS) is 23.5. The van der Waals surface area contributed by atoms with Crippen LogP contribution in [-0.4, -0.2) is 23.3 Å². The first-order chi connectivity index (χ1) is 9.43. The number of benzene rings is 1. The van der Waals surface area contributed by atoms with Gasteiger partial charge in [0.25, 0.3) is 0 Å². The van der Waals surface area contributed by atoms with Crippen LogP contribution in [0.25, 0.3) is 10.9 Å². The van der Waals surface area contributed by atoms with Gasteiger partial charge in [-0.05, 0) is 49.4 Å². The molecule has 0 amide bonds. The fraction of sp³-hybridized carbons (Fsp3) is 0.533. The van der Waals surface area contributed by atoms with Crippen molar-refractivity contribution < 1.29 is 4.74 Å². The molecule has 0 spiro atoms. The third-order valence-corrected chi connectivity index (χ3v) is 4.32. The standard InChI is InChI=1S/C15H19N3O/c1-2-8-19-13(3-1)15-14-11-6-7-16-9-10(11)4-5-12(14)17-18-15/h4-5,13,16H,1-3,6-9H2,(H,17,18). The monoisotopic (exact) mass is 257 g/mol. The van der Waals surface area contributed by atoms with Gasteiger partial charge in [-0.15, -0.1) is 0 Å². The number of nitrogens with zero attached hydrogens (tertiary/aromatic N) is 1. The molecule has 0 bridgehead atoms. The Balaban J connectivity index is 1.86. The zero-order valence-corrected chi connectivity index (χ0v) is 11.0. The average molecular weight is 257 g/mol. The molecule has 0 saturated carbocycles. The highest BCUT2D eigenvalue weighted by Crippen LogP contribution is 2.34. The Labute approximate surface area is 112 Å². The number of rotatable bonds is 1. The maximum absolute atomic E-state index is 5.93. The number of hydrogen-bond acceptors (Lipinski definition) is 3. The van der Waals surface area contributed by atoms with E-state index in [1.54, 1.807) is 0 Å². The van der Waals surface area contributed by atoms with E-state index in [2.05, 4.69) is 27.6 Å². The maximum Gasteiger partial charge on any atom is 0.0995 e. The molecule has 2 N–H and O–H groups in total. The summed E-state index contributed by atoms with van der Waals surface area (Å²) in [6.45, 7) is 2.91. The van der Waals surface area contributed by atoms with Crippen molar-refractivity contribution in [1.29, 1.82) is 0 Å². The van der Waals surface area contributed by atoms with Crippen LogP contribution >= 0.6 is 0 Å². The Morgan fingerprint density at radius 2 is 2.26 bits per heavy atom. The van der Waals surface area contributed by atoms with Crippen LogP contribution in [0.4, 0.5) is 0 Å². The van der Waals surface area contributed by atoms with Gasteiger partial charge in [0, 0.05) is 18.5 Å². The number of aromatic amines is 1. The van der Waals surface area contributed by atoms with E-state index in [-0.39, 0.29) is 6.10 Å². The summed E-state index contributed by atoms with van der Waals surface area (Å²) in [6, 6.07) is 4.33.